The number of piperidine rings is 1. The first-order chi connectivity index (χ1) is 27.4. The monoisotopic (exact) mass is 775 g/mol. The molecule has 7 rings (SSSR count). The molecule has 2 aliphatic rings. The molecule has 2 aromatic carbocycles. The van der Waals surface area contributed by atoms with Crippen LogP contribution < -0.4 is 31.1 Å². The zero-order valence-electron chi connectivity index (χ0n) is 32.1. The number of carbonyl (C=O) groups excluding carboxylic acids is 4. The van der Waals surface area contributed by atoms with E-state index < -0.39 is 29.7 Å². The predicted octanol–water partition coefficient (Wildman–Crippen LogP) is 4.75. The number of nitrogens with zero attached hydrogens (tertiary/aromatic N) is 7. The third-order valence-corrected chi connectivity index (χ3v) is 9.63. The van der Waals surface area contributed by atoms with Crippen LogP contribution in [0.3, 0.4) is 0 Å². The minimum absolute atomic E-state index is 0.0246. The van der Waals surface area contributed by atoms with Crippen molar-refractivity contribution in [3.05, 3.63) is 96.7 Å². The number of carbonyl (C=O) groups is 4. The minimum atomic E-state index is -0.764. The van der Waals surface area contributed by atoms with Crippen molar-refractivity contribution < 1.29 is 28.7 Å². The average Bonchev–Trinajstić information content (AvgIpc) is 3.71. The summed E-state index contributed by atoms with van der Waals surface area (Å²) in [5.41, 5.74) is 2.46. The molecule has 0 aliphatic carbocycles. The molecular weight excluding hydrogens is 731 g/mol. The SMILES string of the molecule is C[C@H]1CN(c2ccncc2NC(=O)c2nc3cc(N4CCNC(=O)C4)ccc3cc2NC(=O)OCc2ccccc2)C[C@@H](NC(=O)OC(C)(C)C)[C@H]1n1ccnn1. The first-order valence-electron chi connectivity index (χ1n) is 18.7. The van der Waals surface area contributed by atoms with Crippen LogP contribution >= 0.6 is 0 Å². The van der Waals surface area contributed by atoms with Gasteiger partial charge in [-0.25, -0.2) is 19.3 Å². The van der Waals surface area contributed by atoms with Crippen molar-refractivity contribution in [3.8, 4) is 0 Å². The number of rotatable bonds is 9. The fourth-order valence-corrected chi connectivity index (χ4v) is 7.17. The molecule has 4 amide bonds. The lowest BCUT2D eigenvalue weighted by molar-refractivity contribution is -0.120. The summed E-state index contributed by atoms with van der Waals surface area (Å²) in [5, 5.41) is 20.5. The molecule has 2 fully saturated rings. The van der Waals surface area contributed by atoms with E-state index in [1.807, 2.05) is 53.4 Å². The highest BCUT2D eigenvalue weighted by Gasteiger charge is 2.39. The number of nitrogens with one attached hydrogen (secondary N) is 4. The molecular formula is C40H45N11O6. The Labute approximate surface area is 329 Å². The van der Waals surface area contributed by atoms with E-state index in [0.29, 0.717) is 48.5 Å². The van der Waals surface area contributed by atoms with E-state index in [9.17, 15) is 19.2 Å². The van der Waals surface area contributed by atoms with Crippen LogP contribution in [-0.2, 0) is 20.9 Å². The van der Waals surface area contributed by atoms with E-state index in [1.165, 1.54) is 0 Å². The van der Waals surface area contributed by atoms with Crippen LogP contribution in [0.2, 0.25) is 0 Å². The number of fused-ring (bicyclic) bond motifs is 1. The molecule has 17 heteroatoms. The first-order valence-corrected chi connectivity index (χ1v) is 18.7. The number of ether oxygens (including phenoxy) is 2. The molecule has 57 heavy (non-hydrogen) atoms. The molecule has 0 radical (unpaired) electrons. The number of anilines is 4. The van der Waals surface area contributed by atoms with Crippen molar-refractivity contribution in [2.24, 2.45) is 5.92 Å². The molecule has 2 aliphatic heterocycles. The Balaban J connectivity index is 1.18. The first kappa shape index (κ1) is 38.5. The lowest BCUT2D eigenvalue weighted by Gasteiger charge is -2.44. The van der Waals surface area contributed by atoms with Gasteiger partial charge in [0.25, 0.3) is 5.91 Å². The van der Waals surface area contributed by atoms with Crippen LogP contribution in [-0.4, -0.2) is 93.3 Å². The largest absolute Gasteiger partial charge is 0.444 e. The molecule has 0 spiro atoms. The highest BCUT2D eigenvalue weighted by atomic mass is 16.6. The van der Waals surface area contributed by atoms with E-state index in [-0.39, 0.29) is 42.4 Å². The van der Waals surface area contributed by atoms with Gasteiger partial charge in [-0.1, -0.05) is 48.5 Å². The smallest absolute Gasteiger partial charge is 0.412 e. The highest BCUT2D eigenvalue weighted by molar-refractivity contribution is 6.11. The Kier molecular flexibility index (Phi) is 11.2. The number of alkyl carbamates (subject to hydrolysis) is 1. The van der Waals surface area contributed by atoms with Crippen LogP contribution in [0.4, 0.5) is 32.3 Å². The maximum atomic E-state index is 14.4. The van der Waals surface area contributed by atoms with Gasteiger partial charge in [0.2, 0.25) is 5.91 Å². The quantitative estimate of drug-likeness (QED) is 0.161. The molecule has 17 nitrogen and oxygen atoms in total. The zero-order chi connectivity index (χ0) is 40.1. The van der Waals surface area contributed by atoms with Crippen LogP contribution in [0.15, 0.2) is 85.5 Å². The second kappa shape index (κ2) is 16.5. The van der Waals surface area contributed by atoms with E-state index in [0.717, 1.165) is 11.3 Å². The van der Waals surface area contributed by atoms with Gasteiger partial charge in [0, 0.05) is 49.6 Å². The Hall–Kier alpha value is -6.78. The summed E-state index contributed by atoms with van der Waals surface area (Å²) in [6.07, 6.45) is 5.21. The van der Waals surface area contributed by atoms with Crippen LogP contribution in [0.1, 0.15) is 49.8 Å². The normalized spacial score (nSPS) is 18.4. The van der Waals surface area contributed by atoms with Gasteiger partial charge in [-0.05, 0) is 56.5 Å². The molecule has 5 aromatic rings. The minimum Gasteiger partial charge on any atom is -0.444 e. The average molecular weight is 776 g/mol. The predicted molar refractivity (Wildman–Crippen MR) is 213 cm³/mol. The third-order valence-electron chi connectivity index (χ3n) is 9.63. The molecule has 3 atom stereocenters. The van der Waals surface area contributed by atoms with Crippen molar-refractivity contribution in [2.75, 3.05) is 53.2 Å². The number of benzene rings is 2. The van der Waals surface area contributed by atoms with E-state index in [2.05, 4.69) is 48.4 Å². The van der Waals surface area contributed by atoms with Gasteiger partial charge in [-0.3, -0.25) is 19.9 Å². The van der Waals surface area contributed by atoms with E-state index >= 15 is 0 Å². The Morgan fingerprint density at radius 1 is 0.947 bits per heavy atom. The van der Waals surface area contributed by atoms with Crippen LogP contribution in [0.5, 0.6) is 0 Å². The fourth-order valence-electron chi connectivity index (χ4n) is 7.17. The number of hydrogen-bond acceptors (Lipinski definition) is 12. The number of amides is 4. The van der Waals surface area contributed by atoms with Gasteiger partial charge >= 0.3 is 12.2 Å². The lowest BCUT2D eigenvalue weighted by atomic mass is 9.89. The molecule has 2 saturated heterocycles. The van der Waals surface area contributed by atoms with Gasteiger partial charge in [-0.15, -0.1) is 5.10 Å². The van der Waals surface area contributed by atoms with Crippen molar-refractivity contribution in [1.82, 2.24) is 35.6 Å². The Morgan fingerprint density at radius 3 is 2.53 bits per heavy atom. The zero-order valence-corrected chi connectivity index (χ0v) is 32.1. The Morgan fingerprint density at radius 2 is 1.77 bits per heavy atom. The van der Waals surface area contributed by atoms with Gasteiger partial charge in [0.1, 0.15) is 12.2 Å². The van der Waals surface area contributed by atoms with Gasteiger partial charge in [-0.2, -0.15) is 0 Å². The number of pyridine rings is 2. The van der Waals surface area contributed by atoms with Crippen molar-refractivity contribution in [2.45, 2.75) is 52.0 Å². The topological polar surface area (TPSA) is 198 Å². The summed E-state index contributed by atoms with van der Waals surface area (Å²) >= 11 is 0. The van der Waals surface area contributed by atoms with Gasteiger partial charge in [0.15, 0.2) is 5.69 Å². The Bertz CT molecular complexity index is 2250. The molecule has 5 heterocycles. The van der Waals surface area contributed by atoms with Crippen LogP contribution in [0.25, 0.3) is 10.9 Å². The standard InChI is InChI=1S/C40H45N11O6/c1-25-21-50(22-32(36(25)51-17-15-43-48-51)47-39(55)57-40(2,3)4)33-12-13-41-20-31(33)45-37(53)35-30(46-38(54)56-24-26-8-6-5-7-9-26)18-27-10-11-28(19-29(27)44-35)49-16-14-42-34(52)23-49/h5-13,15,17-20,25,32,36H,14,16,21-24H2,1-4H3,(H,42,52)(H,45,53)(H,46,54)(H,47,55)/t25-,32+,36-/m0/s1. The molecule has 0 bridgehead atoms. The summed E-state index contributed by atoms with van der Waals surface area (Å²) in [5.74, 6) is -0.738. The molecule has 0 unspecified atom stereocenters. The summed E-state index contributed by atoms with van der Waals surface area (Å²) in [4.78, 5) is 65.8. The van der Waals surface area contributed by atoms with Gasteiger partial charge < -0.3 is 35.2 Å². The maximum absolute atomic E-state index is 14.4. The second-order valence-corrected chi connectivity index (χ2v) is 15.1. The van der Waals surface area contributed by atoms with Gasteiger partial charge in [0.05, 0.1) is 53.6 Å². The summed E-state index contributed by atoms with van der Waals surface area (Å²) < 4.78 is 12.9. The molecule has 0 saturated carbocycles. The van der Waals surface area contributed by atoms with Crippen LogP contribution in [0, 0.1) is 5.92 Å². The molecule has 296 valence electrons. The number of aromatic nitrogens is 5. The summed E-state index contributed by atoms with van der Waals surface area (Å²) in [6.45, 7) is 9.68. The van der Waals surface area contributed by atoms with Crippen molar-refractivity contribution >= 4 is 57.7 Å². The number of hydrogen-bond donors (Lipinski definition) is 4. The molecule has 3 aromatic heterocycles. The van der Waals surface area contributed by atoms with E-state index in [1.54, 1.807) is 62.4 Å². The maximum Gasteiger partial charge on any atom is 0.412 e. The van der Waals surface area contributed by atoms with Crippen molar-refractivity contribution in [3.63, 3.8) is 0 Å². The van der Waals surface area contributed by atoms with E-state index in [4.69, 9.17) is 14.5 Å². The summed E-state index contributed by atoms with van der Waals surface area (Å²) in [7, 11) is 0. The fraction of sp³-hybridized carbons (Fsp3) is 0.350. The number of piperazine rings is 1. The molecule has 4 N–H and O–H groups in total. The lowest BCUT2D eigenvalue weighted by Crippen LogP contribution is -2.57. The third kappa shape index (κ3) is 9.37. The van der Waals surface area contributed by atoms with Crippen molar-refractivity contribution in [1.29, 1.82) is 0 Å². The second-order valence-electron chi connectivity index (χ2n) is 15.1. The summed E-state index contributed by atoms with van der Waals surface area (Å²) in [6, 6.07) is 17.5. The highest BCUT2D eigenvalue weighted by Crippen LogP contribution is 2.35.